The summed E-state index contributed by atoms with van der Waals surface area (Å²) < 4.78 is 5.38. The van der Waals surface area contributed by atoms with Crippen molar-refractivity contribution < 1.29 is 4.74 Å². The van der Waals surface area contributed by atoms with Gasteiger partial charge in [-0.1, -0.05) is 30.3 Å². The molecule has 0 aliphatic carbocycles. The van der Waals surface area contributed by atoms with Crippen molar-refractivity contribution in [2.75, 3.05) is 50.0 Å². The van der Waals surface area contributed by atoms with E-state index in [1.165, 1.54) is 0 Å². The third-order valence-corrected chi connectivity index (χ3v) is 5.32. The third kappa shape index (κ3) is 4.82. The van der Waals surface area contributed by atoms with E-state index in [9.17, 15) is 0 Å². The van der Waals surface area contributed by atoms with Gasteiger partial charge >= 0.3 is 0 Å². The van der Waals surface area contributed by atoms with Crippen LogP contribution in [-0.2, 0) is 11.3 Å². The molecule has 0 atom stereocenters. The summed E-state index contributed by atoms with van der Waals surface area (Å²) in [6.45, 7) is 5.87. The van der Waals surface area contributed by atoms with Gasteiger partial charge in [-0.15, -0.1) is 0 Å². The average Bonchev–Trinajstić information content (AvgIpc) is 3.28. The van der Waals surface area contributed by atoms with Crippen LogP contribution >= 0.6 is 0 Å². The quantitative estimate of drug-likeness (QED) is 0.386. The number of ether oxygens (including phenoxy) is 1. The lowest BCUT2D eigenvalue weighted by Gasteiger charge is -2.26. The second kappa shape index (κ2) is 9.67. The van der Waals surface area contributed by atoms with Gasteiger partial charge in [-0.05, 0) is 11.6 Å². The number of H-pyrrole nitrogens is 1. The third-order valence-electron chi connectivity index (χ3n) is 5.32. The largest absolute Gasteiger partial charge is 0.379 e. The van der Waals surface area contributed by atoms with E-state index in [-0.39, 0.29) is 0 Å². The molecule has 0 radical (unpaired) electrons. The highest BCUT2D eigenvalue weighted by Crippen LogP contribution is 2.24. The number of morpholine rings is 1. The van der Waals surface area contributed by atoms with Gasteiger partial charge in [-0.25, -0.2) is 15.0 Å². The van der Waals surface area contributed by atoms with Crippen molar-refractivity contribution in [2.24, 2.45) is 0 Å². The number of benzene rings is 1. The van der Waals surface area contributed by atoms with Crippen LogP contribution in [0, 0.1) is 0 Å². The Kier molecular flexibility index (Phi) is 6.13. The molecule has 4 heterocycles. The molecule has 10 heteroatoms. The Balaban J connectivity index is 1.25. The summed E-state index contributed by atoms with van der Waals surface area (Å²) in [5.41, 5.74) is 3.23. The molecule has 1 fully saturated rings. The van der Waals surface area contributed by atoms with Gasteiger partial charge in [0.15, 0.2) is 5.65 Å². The fraction of sp³-hybridized carbons (Fsp3) is 0.318. The van der Waals surface area contributed by atoms with Gasteiger partial charge < -0.3 is 15.4 Å². The molecular formula is C22H25N9O. The first-order valence-electron chi connectivity index (χ1n) is 10.7. The van der Waals surface area contributed by atoms with Gasteiger partial charge in [-0.2, -0.15) is 10.1 Å². The maximum atomic E-state index is 5.38. The average molecular weight is 432 g/mol. The minimum absolute atomic E-state index is 0.546. The molecule has 1 aliphatic heterocycles. The SMILES string of the molecule is c1ccc(CNc2nccc(-c3n[nH]c4nc(NCCN5CCOCC5)ncc34)n2)cc1. The fourth-order valence-electron chi connectivity index (χ4n) is 3.59. The van der Waals surface area contributed by atoms with Crippen LogP contribution in [0.25, 0.3) is 22.4 Å². The highest BCUT2D eigenvalue weighted by Gasteiger charge is 2.14. The molecule has 3 aromatic heterocycles. The van der Waals surface area contributed by atoms with Crippen molar-refractivity contribution in [3.8, 4) is 11.4 Å². The summed E-state index contributed by atoms with van der Waals surface area (Å²) in [5, 5.41) is 14.8. The first-order valence-corrected chi connectivity index (χ1v) is 10.7. The van der Waals surface area contributed by atoms with Crippen molar-refractivity contribution in [1.82, 2.24) is 35.0 Å². The smallest absolute Gasteiger partial charge is 0.224 e. The lowest BCUT2D eigenvalue weighted by molar-refractivity contribution is 0.0398. The number of nitrogens with zero attached hydrogens (tertiary/aromatic N) is 6. The molecule has 10 nitrogen and oxygen atoms in total. The van der Waals surface area contributed by atoms with Crippen molar-refractivity contribution in [1.29, 1.82) is 0 Å². The number of aromatic nitrogens is 6. The van der Waals surface area contributed by atoms with Crippen LogP contribution in [0.4, 0.5) is 11.9 Å². The number of rotatable bonds is 8. The van der Waals surface area contributed by atoms with Crippen LogP contribution in [0.15, 0.2) is 48.8 Å². The predicted molar refractivity (Wildman–Crippen MR) is 122 cm³/mol. The maximum absolute atomic E-state index is 5.38. The van der Waals surface area contributed by atoms with E-state index in [2.05, 4.69) is 57.8 Å². The summed E-state index contributed by atoms with van der Waals surface area (Å²) in [5.74, 6) is 1.12. The summed E-state index contributed by atoms with van der Waals surface area (Å²) in [6.07, 6.45) is 3.50. The van der Waals surface area contributed by atoms with E-state index in [0.29, 0.717) is 35.5 Å². The molecule has 5 rings (SSSR count). The Hall–Kier alpha value is -3.63. The van der Waals surface area contributed by atoms with Gasteiger partial charge in [0.25, 0.3) is 0 Å². The molecule has 1 aromatic carbocycles. The second-order valence-corrected chi connectivity index (χ2v) is 7.51. The highest BCUT2D eigenvalue weighted by molar-refractivity contribution is 5.89. The van der Waals surface area contributed by atoms with Crippen molar-refractivity contribution in [2.45, 2.75) is 6.54 Å². The minimum atomic E-state index is 0.546. The van der Waals surface area contributed by atoms with Crippen LogP contribution in [0.3, 0.4) is 0 Å². The summed E-state index contributed by atoms with van der Waals surface area (Å²) in [6, 6.07) is 12.0. The molecule has 1 aliphatic rings. The first kappa shape index (κ1) is 20.3. The Morgan fingerprint density at radius 3 is 2.69 bits per heavy atom. The maximum Gasteiger partial charge on any atom is 0.224 e. The van der Waals surface area contributed by atoms with Crippen molar-refractivity contribution in [3.05, 3.63) is 54.4 Å². The minimum Gasteiger partial charge on any atom is -0.379 e. The zero-order valence-corrected chi connectivity index (χ0v) is 17.7. The molecule has 0 amide bonds. The first-order chi connectivity index (χ1) is 15.8. The Labute approximate surface area is 185 Å². The molecule has 164 valence electrons. The van der Waals surface area contributed by atoms with Crippen molar-refractivity contribution >= 4 is 22.9 Å². The molecule has 0 saturated carbocycles. The molecular weight excluding hydrogens is 406 g/mol. The number of anilines is 2. The lowest BCUT2D eigenvalue weighted by atomic mass is 10.2. The van der Waals surface area contributed by atoms with Crippen LogP contribution < -0.4 is 10.6 Å². The molecule has 0 bridgehead atoms. The number of hydrogen-bond donors (Lipinski definition) is 3. The summed E-state index contributed by atoms with van der Waals surface area (Å²) >= 11 is 0. The van der Waals surface area contributed by atoms with Gasteiger partial charge in [0.1, 0.15) is 5.69 Å². The summed E-state index contributed by atoms with van der Waals surface area (Å²) in [4.78, 5) is 20.3. The Bertz CT molecular complexity index is 1160. The van der Waals surface area contributed by atoms with Gasteiger partial charge in [0.2, 0.25) is 11.9 Å². The fourth-order valence-corrected chi connectivity index (χ4v) is 3.59. The Morgan fingerprint density at radius 1 is 0.969 bits per heavy atom. The summed E-state index contributed by atoms with van der Waals surface area (Å²) in [7, 11) is 0. The molecule has 3 N–H and O–H groups in total. The van der Waals surface area contributed by atoms with Gasteiger partial charge in [-0.3, -0.25) is 10.00 Å². The van der Waals surface area contributed by atoms with E-state index in [1.54, 1.807) is 12.4 Å². The molecule has 32 heavy (non-hydrogen) atoms. The number of hydrogen-bond acceptors (Lipinski definition) is 9. The number of fused-ring (bicyclic) bond motifs is 1. The van der Waals surface area contributed by atoms with Crippen LogP contribution in [0.5, 0.6) is 0 Å². The van der Waals surface area contributed by atoms with Crippen LogP contribution in [0.2, 0.25) is 0 Å². The van der Waals surface area contributed by atoms with Gasteiger partial charge in [0, 0.05) is 45.1 Å². The van der Waals surface area contributed by atoms with E-state index in [4.69, 9.17) is 4.74 Å². The van der Waals surface area contributed by atoms with Crippen LogP contribution in [-0.4, -0.2) is 74.4 Å². The van der Waals surface area contributed by atoms with E-state index < -0.39 is 0 Å². The van der Waals surface area contributed by atoms with Crippen LogP contribution in [0.1, 0.15) is 5.56 Å². The standard InChI is InChI=1S/C22H25N9O/c1-2-4-16(5-3-1)14-25-21-23-7-6-18(27-21)19-17-15-26-22(28-20(17)30-29-19)24-8-9-31-10-12-32-13-11-31/h1-7,15H,8-14H2,(H,23,25,27)(H2,24,26,28,29,30). The molecule has 0 unspecified atom stereocenters. The normalized spacial score (nSPS) is 14.5. The molecule has 0 spiro atoms. The van der Waals surface area contributed by atoms with E-state index in [1.807, 2.05) is 24.3 Å². The predicted octanol–water partition coefficient (Wildman–Crippen LogP) is 2.17. The number of nitrogens with one attached hydrogen (secondary N) is 3. The van der Waals surface area contributed by atoms with Gasteiger partial charge in [0.05, 0.1) is 24.3 Å². The monoisotopic (exact) mass is 431 g/mol. The number of aromatic amines is 1. The highest BCUT2D eigenvalue weighted by atomic mass is 16.5. The van der Waals surface area contributed by atoms with Crippen molar-refractivity contribution in [3.63, 3.8) is 0 Å². The second-order valence-electron chi connectivity index (χ2n) is 7.51. The van der Waals surface area contributed by atoms with E-state index >= 15 is 0 Å². The lowest BCUT2D eigenvalue weighted by Crippen LogP contribution is -2.39. The zero-order valence-electron chi connectivity index (χ0n) is 17.7. The van der Waals surface area contributed by atoms with E-state index in [0.717, 1.165) is 50.3 Å². The molecule has 1 saturated heterocycles. The molecule has 4 aromatic rings. The zero-order chi connectivity index (χ0) is 21.6. The Morgan fingerprint density at radius 2 is 1.81 bits per heavy atom. The topological polar surface area (TPSA) is 117 Å².